The summed E-state index contributed by atoms with van der Waals surface area (Å²) in [6, 6.07) is 9.56. The third-order valence-electron chi connectivity index (χ3n) is 3.05. The number of hydrogen-bond donors (Lipinski definition) is 0. The molecule has 0 fully saturated rings. The van der Waals surface area contributed by atoms with Gasteiger partial charge in [0.25, 0.3) is 0 Å². The van der Waals surface area contributed by atoms with E-state index < -0.39 is 5.97 Å². The van der Waals surface area contributed by atoms with E-state index in [-0.39, 0.29) is 23.1 Å². The molecule has 2 rings (SSSR count). The summed E-state index contributed by atoms with van der Waals surface area (Å²) in [5, 5.41) is 0.0215. The van der Waals surface area contributed by atoms with Crippen LogP contribution in [0.15, 0.2) is 30.3 Å². The van der Waals surface area contributed by atoms with Gasteiger partial charge in [0.1, 0.15) is 17.3 Å². The first-order valence-corrected chi connectivity index (χ1v) is 6.95. The minimum Gasteiger partial charge on any atom is -0.491 e. The molecule has 5 nitrogen and oxygen atoms in total. The first-order valence-electron chi connectivity index (χ1n) is 6.57. The van der Waals surface area contributed by atoms with Crippen molar-refractivity contribution >= 4 is 17.6 Å². The van der Waals surface area contributed by atoms with E-state index in [1.807, 2.05) is 30.3 Å². The molecule has 0 amide bonds. The normalized spacial score (nSPS) is 10.2. The Kier molecular flexibility index (Phi) is 5.22. The van der Waals surface area contributed by atoms with Crippen LogP contribution in [0.1, 0.15) is 21.6 Å². The fourth-order valence-electron chi connectivity index (χ4n) is 2.01. The molecule has 0 bridgehead atoms. The molecule has 6 heteroatoms. The molecule has 0 aliphatic heterocycles. The van der Waals surface area contributed by atoms with Gasteiger partial charge in [-0.15, -0.1) is 0 Å². The van der Waals surface area contributed by atoms with Crippen LogP contribution in [0.2, 0.25) is 5.15 Å². The van der Waals surface area contributed by atoms with Crippen LogP contribution in [-0.4, -0.2) is 25.2 Å². The Labute approximate surface area is 133 Å². The van der Waals surface area contributed by atoms with E-state index in [9.17, 15) is 4.79 Å². The van der Waals surface area contributed by atoms with Gasteiger partial charge in [0, 0.05) is 0 Å². The second-order valence-electron chi connectivity index (χ2n) is 4.49. The molecule has 1 aromatic heterocycles. The van der Waals surface area contributed by atoms with Gasteiger partial charge in [-0.3, -0.25) is 0 Å². The van der Waals surface area contributed by atoms with Gasteiger partial charge in [0.15, 0.2) is 11.5 Å². The second kappa shape index (κ2) is 7.13. The van der Waals surface area contributed by atoms with Crippen molar-refractivity contribution in [2.75, 3.05) is 14.2 Å². The van der Waals surface area contributed by atoms with Gasteiger partial charge in [-0.05, 0) is 12.5 Å². The molecule has 22 heavy (non-hydrogen) atoms. The van der Waals surface area contributed by atoms with E-state index in [2.05, 4.69) is 4.98 Å². The summed E-state index contributed by atoms with van der Waals surface area (Å²) >= 11 is 6.07. The smallest absolute Gasteiger partial charge is 0.344 e. The molecule has 0 atom stereocenters. The zero-order valence-corrected chi connectivity index (χ0v) is 13.3. The quantitative estimate of drug-likeness (QED) is 0.624. The number of aryl methyl sites for hydroxylation is 1. The third kappa shape index (κ3) is 3.31. The number of nitrogens with zero attached hydrogens (tertiary/aromatic N) is 1. The predicted octanol–water partition coefficient (Wildman–Crippen LogP) is 3.42. The molecule has 1 aromatic carbocycles. The molecule has 1 heterocycles. The summed E-state index contributed by atoms with van der Waals surface area (Å²) < 4.78 is 15.8. The molecular weight excluding hydrogens is 306 g/mol. The van der Waals surface area contributed by atoms with Crippen LogP contribution in [0, 0.1) is 6.92 Å². The highest BCUT2D eigenvalue weighted by Gasteiger charge is 2.25. The number of aromatic nitrogens is 1. The van der Waals surface area contributed by atoms with Gasteiger partial charge in [-0.25, -0.2) is 9.78 Å². The standard InChI is InChI=1S/C16H16ClNO4/c1-10-13(20-2)14(12(15(17)18-10)16(19)21-3)22-9-11-7-5-4-6-8-11/h4-8H,9H2,1-3H3. The molecule has 0 unspecified atom stereocenters. The molecule has 0 saturated carbocycles. The average molecular weight is 322 g/mol. The summed E-state index contributed by atoms with van der Waals surface area (Å²) in [6.07, 6.45) is 0. The van der Waals surface area contributed by atoms with Crippen LogP contribution in [-0.2, 0) is 11.3 Å². The Hall–Kier alpha value is -2.27. The zero-order chi connectivity index (χ0) is 16.1. The highest BCUT2D eigenvalue weighted by molar-refractivity contribution is 6.33. The van der Waals surface area contributed by atoms with Crippen LogP contribution in [0.5, 0.6) is 11.5 Å². The van der Waals surface area contributed by atoms with Crippen molar-refractivity contribution < 1.29 is 19.0 Å². The van der Waals surface area contributed by atoms with Crippen LogP contribution in [0.25, 0.3) is 0 Å². The summed E-state index contributed by atoms with van der Waals surface area (Å²) in [7, 11) is 2.75. The van der Waals surface area contributed by atoms with Crippen molar-refractivity contribution in [3.8, 4) is 11.5 Å². The monoisotopic (exact) mass is 321 g/mol. The van der Waals surface area contributed by atoms with Crippen molar-refractivity contribution in [1.82, 2.24) is 4.98 Å². The van der Waals surface area contributed by atoms with Crippen LogP contribution >= 0.6 is 11.6 Å². The maximum absolute atomic E-state index is 12.0. The maximum Gasteiger partial charge on any atom is 0.344 e. The Morgan fingerprint density at radius 1 is 1.18 bits per heavy atom. The van der Waals surface area contributed by atoms with Gasteiger partial charge >= 0.3 is 5.97 Å². The first kappa shape index (κ1) is 16.1. The minimum atomic E-state index is -0.626. The number of carbonyl (C=O) groups excluding carboxylic acids is 1. The highest BCUT2D eigenvalue weighted by Crippen LogP contribution is 2.38. The Bertz CT molecular complexity index is 674. The summed E-state index contributed by atoms with van der Waals surface area (Å²) in [5.41, 5.74) is 1.54. The SMILES string of the molecule is COC(=O)c1c(Cl)nc(C)c(OC)c1OCc1ccccc1. The van der Waals surface area contributed by atoms with Crippen molar-refractivity contribution in [2.24, 2.45) is 0 Å². The highest BCUT2D eigenvalue weighted by atomic mass is 35.5. The Morgan fingerprint density at radius 2 is 1.86 bits per heavy atom. The van der Waals surface area contributed by atoms with Gasteiger partial charge < -0.3 is 14.2 Å². The molecule has 0 N–H and O–H groups in total. The number of hydrogen-bond acceptors (Lipinski definition) is 5. The van der Waals surface area contributed by atoms with E-state index in [1.165, 1.54) is 14.2 Å². The summed E-state index contributed by atoms with van der Waals surface area (Å²) in [4.78, 5) is 16.1. The number of carbonyl (C=O) groups is 1. The zero-order valence-electron chi connectivity index (χ0n) is 12.6. The average Bonchev–Trinajstić information content (AvgIpc) is 2.53. The minimum absolute atomic E-state index is 0.0215. The van der Waals surface area contributed by atoms with Crippen LogP contribution in [0.3, 0.4) is 0 Å². The molecule has 0 spiro atoms. The number of ether oxygens (including phenoxy) is 3. The topological polar surface area (TPSA) is 57.7 Å². The Balaban J connectivity index is 2.44. The van der Waals surface area contributed by atoms with Gasteiger partial charge in [-0.2, -0.15) is 0 Å². The molecule has 116 valence electrons. The predicted molar refractivity (Wildman–Crippen MR) is 82.6 cm³/mol. The van der Waals surface area contributed by atoms with E-state index in [0.29, 0.717) is 11.4 Å². The lowest BCUT2D eigenvalue weighted by molar-refractivity contribution is 0.0594. The fraction of sp³-hybridized carbons (Fsp3) is 0.250. The van der Waals surface area contributed by atoms with Crippen molar-refractivity contribution in [3.63, 3.8) is 0 Å². The Morgan fingerprint density at radius 3 is 2.45 bits per heavy atom. The maximum atomic E-state index is 12.0. The summed E-state index contributed by atoms with van der Waals surface area (Å²) in [5.74, 6) is -0.0321. The number of halogens is 1. The molecule has 0 radical (unpaired) electrons. The van der Waals surface area contributed by atoms with Crippen molar-refractivity contribution in [2.45, 2.75) is 13.5 Å². The number of esters is 1. The number of pyridine rings is 1. The van der Waals surface area contributed by atoms with Crippen LogP contribution in [0.4, 0.5) is 0 Å². The number of methoxy groups -OCH3 is 2. The lowest BCUT2D eigenvalue weighted by Gasteiger charge is -2.16. The van der Waals surface area contributed by atoms with Gasteiger partial charge in [0.2, 0.25) is 0 Å². The van der Waals surface area contributed by atoms with Crippen LogP contribution < -0.4 is 9.47 Å². The molecular formula is C16H16ClNO4. The van der Waals surface area contributed by atoms with E-state index in [4.69, 9.17) is 25.8 Å². The molecule has 0 aliphatic carbocycles. The number of benzene rings is 1. The molecule has 0 saturated heterocycles. The third-order valence-corrected chi connectivity index (χ3v) is 3.33. The molecule has 2 aromatic rings. The number of rotatable bonds is 5. The lowest BCUT2D eigenvalue weighted by Crippen LogP contribution is -2.10. The summed E-state index contributed by atoms with van der Waals surface area (Å²) in [6.45, 7) is 1.99. The largest absolute Gasteiger partial charge is 0.491 e. The first-order chi connectivity index (χ1) is 10.6. The second-order valence-corrected chi connectivity index (χ2v) is 4.85. The van der Waals surface area contributed by atoms with Crippen molar-refractivity contribution in [1.29, 1.82) is 0 Å². The fourth-order valence-corrected chi connectivity index (χ4v) is 2.30. The van der Waals surface area contributed by atoms with Crippen molar-refractivity contribution in [3.05, 3.63) is 52.3 Å². The lowest BCUT2D eigenvalue weighted by atomic mass is 10.2. The van der Waals surface area contributed by atoms with E-state index in [1.54, 1.807) is 6.92 Å². The van der Waals surface area contributed by atoms with E-state index >= 15 is 0 Å². The van der Waals surface area contributed by atoms with E-state index in [0.717, 1.165) is 5.56 Å². The molecule has 0 aliphatic rings. The van der Waals surface area contributed by atoms with Gasteiger partial charge in [0.05, 0.1) is 19.9 Å². The van der Waals surface area contributed by atoms with Gasteiger partial charge in [-0.1, -0.05) is 41.9 Å².